The molecular weight excluding hydrogens is 416 g/mol. The van der Waals surface area contributed by atoms with E-state index in [0.29, 0.717) is 9.82 Å². The molecule has 1 heterocycles. The van der Waals surface area contributed by atoms with Gasteiger partial charge in [-0.3, -0.25) is 4.79 Å². The van der Waals surface area contributed by atoms with Crippen molar-refractivity contribution < 1.29 is 13.2 Å². The summed E-state index contributed by atoms with van der Waals surface area (Å²) in [5.74, 6) is -0.359. The van der Waals surface area contributed by atoms with Gasteiger partial charge in [0.15, 0.2) is 14.6 Å². The van der Waals surface area contributed by atoms with E-state index in [9.17, 15) is 13.2 Å². The maximum Gasteiger partial charge on any atom is 0.248 e. The molecule has 0 aliphatic carbocycles. The van der Waals surface area contributed by atoms with Crippen LogP contribution in [0.5, 0.6) is 0 Å². The fourth-order valence-corrected chi connectivity index (χ4v) is 6.00. The number of rotatable bonds is 6. The van der Waals surface area contributed by atoms with Gasteiger partial charge in [-0.1, -0.05) is 53.3 Å². The standard InChI is InChI=1S/C20H21ClN2O3S2/c1-14-11-16(21)12-17-19(14)23(2)20(27-17)22-18(24)9-6-10-28(25,26)13-15-7-4-3-5-8-15/h3-5,7-8,11-12H,6,9-10,13H2,1-2H3. The number of halogens is 1. The zero-order valence-electron chi connectivity index (χ0n) is 15.7. The first-order valence-electron chi connectivity index (χ1n) is 8.83. The lowest BCUT2D eigenvalue weighted by Gasteiger charge is -2.03. The highest BCUT2D eigenvalue weighted by atomic mass is 35.5. The van der Waals surface area contributed by atoms with Gasteiger partial charge >= 0.3 is 0 Å². The van der Waals surface area contributed by atoms with Crippen LogP contribution >= 0.6 is 22.9 Å². The highest BCUT2D eigenvalue weighted by Crippen LogP contribution is 2.25. The van der Waals surface area contributed by atoms with Crippen molar-refractivity contribution >= 4 is 48.9 Å². The number of aryl methyl sites for hydroxylation is 2. The maximum atomic E-state index is 12.2. The first kappa shape index (κ1) is 20.8. The molecule has 28 heavy (non-hydrogen) atoms. The molecule has 0 atom stereocenters. The van der Waals surface area contributed by atoms with E-state index in [1.54, 1.807) is 12.1 Å². The Labute approximate surface area is 173 Å². The largest absolute Gasteiger partial charge is 0.319 e. The SMILES string of the molecule is Cc1cc(Cl)cc2sc(=NC(=O)CCCS(=O)(=O)Cc3ccccc3)n(C)c12. The first-order valence-corrected chi connectivity index (χ1v) is 11.8. The van der Waals surface area contributed by atoms with E-state index in [0.717, 1.165) is 21.3 Å². The molecule has 0 fully saturated rings. The van der Waals surface area contributed by atoms with Crippen LogP contribution in [0.2, 0.25) is 5.02 Å². The van der Waals surface area contributed by atoms with Gasteiger partial charge in [0.2, 0.25) is 5.91 Å². The van der Waals surface area contributed by atoms with Crippen molar-refractivity contribution in [2.45, 2.75) is 25.5 Å². The van der Waals surface area contributed by atoms with Crippen LogP contribution in [-0.2, 0) is 27.4 Å². The van der Waals surface area contributed by atoms with Crippen LogP contribution in [0.4, 0.5) is 0 Å². The van der Waals surface area contributed by atoms with Crippen LogP contribution in [0.15, 0.2) is 47.5 Å². The highest BCUT2D eigenvalue weighted by molar-refractivity contribution is 7.90. The molecule has 1 amide bonds. The molecule has 0 aliphatic rings. The molecule has 0 saturated carbocycles. The number of nitrogens with zero attached hydrogens (tertiary/aromatic N) is 2. The molecule has 0 bridgehead atoms. The van der Waals surface area contributed by atoms with Gasteiger partial charge in [0, 0.05) is 18.5 Å². The third kappa shape index (κ3) is 5.10. The fourth-order valence-electron chi connectivity index (χ4n) is 3.08. The van der Waals surface area contributed by atoms with E-state index in [-0.39, 0.29) is 30.3 Å². The summed E-state index contributed by atoms with van der Waals surface area (Å²) in [5, 5.41) is 0.647. The zero-order chi connectivity index (χ0) is 20.3. The summed E-state index contributed by atoms with van der Waals surface area (Å²) in [6.07, 6.45) is 0.360. The number of carbonyl (C=O) groups excluding carboxylic acids is 1. The van der Waals surface area contributed by atoms with Crippen LogP contribution in [0, 0.1) is 6.92 Å². The number of fused-ring (bicyclic) bond motifs is 1. The lowest BCUT2D eigenvalue weighted by molar-refractivity contribution is -0.118. The van der Waals surface area contributed by atoms with E-state index in [1.165, 1.54) is 11.3 Å². The monoisotopic (exact) mass is 436 g/mol. The number of hydrogen-bond donors (Lipinski definition) is 0. The number of benzene rings is 2. The fraction of sp³-hybridized carbons (Fsp3) is 0.300. The molecule has 0 N–H and O–H groups in total. The Morgan fingerprint density at radius 1 is 1.21 bits per heavy atom. The van der Waals surface area contributed by atoms with Gasteiger partial charge in [0.25, 0.3) is 0 Å². The number of aromatic nitrogens is 1. The third-order valence-corrected chi connectivity index (χ3v) is 7.33. The van der Waals surface area contributed by atoms with Crippen molar-refractivity contribution in [3.8, 4) is 0 Å². The zero-order valence-corrected chi connectivity index (χ0v) is 18.1. The van der Waals surface area contributed by atoms with Crippen molar-refractivity contribution in [1.29, 1.82) is 0 Å². The highest BCUT2D eigenvalue weighted by Gasteiger charge is 2.13. The summed E-state index contributed by atoms with van der Waals surface area (Å²) in [7, 11) is -1.40. The Kier molecular flexibility index (Phi) is 6.37. The molecular formula is C20H21ClN2O3S2. The molecule has 2 aromatic carbocycles. The smallest absolute Gasteiger partial charge is 0.248 e. The molecule has 3 rings (SSSR count). The predicted octanol–water partition coefficient (Wildman–Crippen LogP) is 4.02. The molecule has 5 nitrogen and oxygen atoms in total. The molecule has 8 heteroatoms. The van der Waals surface area contributed by atoms with Gasteiger partial charge < -0.3 is 4.57 Å². The van der Waals surface area contributed by atoms with E-state index in [4.69, 9.17) is 11.6 Å². The van der Waals surface area contributed by atoms with Crippen LogP contribution < -0.4 is 4.80 Å². The quantitative estimate of drug-likeness (QED) is 0.585. The molecule has 3 aromatic rings. The maximum absolute atomic E-state index is 12.2. The number of amides is 1. The lowest BCUT2D eigenvalue weighted by atomic mass is 10.2. The van der Waals surface area contributed by atoms with Crippen LogP contribution in [0.3, 0.4) is 0 Å². The Hall–Kier alpha value is -1.96. The molecule has 0 unspecified atom stereocenters. The van der Waals surface area contributed by atoms with Crippen molar-refractivity contribution in [3.63, 3.8) is 0 Å². The number of thiazole rings is 1. The molecule has 0 spiro atoms. The Morgan fingerprint density at radius 3 is 2.64 bits per heavy atom. The van der Waals surface area contributed by atoms with Crippen LogP contribution in [0.25, 0.3) is 10.2 Å². The van der Waals surface area contributed by atoms with Crippen LogP contribution in [0.1, 0.15) is 24.0 Å². The summed E-state index contributed by atoms with van der Waals surface area (Å²) < 4.78 is 27.3. The van der Waals surface area contributed by atoms with E-state index >= 15 is 0 Å². The minimum atomic E-state index is -3.25. The number of hydrogen-bond acceptors (Lipinski definition) is 4. The second-order valence-electron chi connectivity index (χ2n) is 6.70. The normalized spacial score (nSPS) is 12.6. The van der Waals surface area contributed by atoms with E-state index < -0.39 is 9.84 Å². The first-order chi connectivity index (χ1) is 13.2. The summed E-state index contributed by atoms with van der Waals surface area (Å²) in [6, 6.07) is 12.8. The van der Waals surface area contributed by atoms with Gasteiger partial charge in [0.05, 0.1) is 21.7 Å². The molecule has 0 saturated heterocycles. The van der Waals surface area contributed by atoms with Gasteiger partial charge in [-0.05, 0) is 36.6 Å². The Morgan fingerprint density at radius 2 is 1.93 bits per heavy atom. The average molecular weight is 437 g/mol. The number of carbonyl (C=O) groups is 1. The molecule has 1 aromatic heterocycles. The molecule has 0 aliphatic heterocycles. The van der Waals surface area contributed by atoms with Gasteiger partial charge in [-0.25, -0.2) is 8.42 Å². The van der Waals surface area contributed by atoms with Gasteiger partial charge in [-0.2, -0.15) is 4.99 Å². The summed E-state index contributed by atoms with van der Waals surface area (Å²) in [5.41, 5.74) is 2.76. The van der Waals surface area contributed by atoms with Crippen molar-refractivity contribution in [2.24, 2.45) is 12.0 Å². The lowest BCUT2D eigenvalue weighted by Crippen LogP contribution is -2.15. The molecule has 0 radical (unpaired) electrons. The van der Waals surface area contributed by atoms with Crippen molar-refractivity contribution in [3.05, 3.63) is 63.4 Å². The van der Waals surface area contributed by atoms with E-state index in [2.05, 4.69) is 4.99 Å². The minimum absolute atomic E-state index is 0.00944. The summed E-state index contributed by atoms with van der Waals surface area (Å²) >= 11 is 7.50. The summed E-state index contributed by atoms with van der Waals surface area (Å²) in [6.45, 7) is 1.96. The third-order valence-electron chi connectivity index (χ3n) is 4.35. The Bertz CT molecular complexity index is 1180. The minimum Gasteiger partial charge on any atom is -0.319 e. The topological polar surface area (TPSA) is 68.5 Å². The van der Waals surface area contributed by atoms with Crippen molar-refractivity contribution in [1.82, 2.24) is 4.57 Å². The second kappa shape index (κ2) is 8.59. The number of sulfone groups is 1. The van der Waals surface area contributed by atoms with Gasteiger partial charge in [0.1, 0.15) is 0 Å². The summed E-state index contributed by atoms with van der Waals surface area (Å²) in [4.78, 5) is 17.0. The van der Waals surface area contributed by atoms with Crippen LogP contribution in [-0.4, -0.2) is 24.6 Å². The Balaban J connectivity index is 1.66. The van der Waals surface area contributed by atoms with Gasteiger partial charge in [-0.15, -0.1) is 0 Å². The van der Waals surface area contributed by atoms with E-state index in [1.807, 2.05) is 48.9 Å². The average Bonchev–Trinajstić information content (AvgIpc) is 2.90. The predicted molar refractivity (Wildman–Crippen MR) is 114 cm³/mol. The second-order valence-corrected chi connectivity index (χ2v) is 10.3. The molecule has 148 valence electrons. The van der Waals surface area contributed by atoms with Crippen molar-refractivity contribution in [2.75, 3.05) is 5.75 Å².